The summed E-state index contributed by atoms with van der Waals surface area (Å²) in [6, 6.07) is 0.283. The topological polar surface area (TPSA) is 63.3 Å². The number of hydrogen-bond acceptors (Lipinski definition) is 3. The van der Waals surface area contributed by atoms with Crippen molar-refractivity contribution in [2.45, 2.75) is 37.8 Å². The Bertz CT molecular complexity index is 130. The van der Waals surface area contributed by atoms with Gasteiger partial charge in [0.05, 0.1) is 0 Å². The first kappa shape index (κ1) is 8.68. The molecule has 3 N–H and O–H groups in total. The third kappa shape index (κ3) is 2.27. The van der Waals surface area contributed by atoms with Gasteiger partial charge >= 0.3 is 0 Å². The molecular formula is C8H15NO2. The molecule has 1 atom stereocenters. The fourth-order valence-corrected chi connectivity index (χ4v) is 1.60. The molecule has 64 valence electrons. The second-order valence-corrected chi connectivity index (χ2v) is 3.30. The van der Waals surface area contributed by atoms with Crippen LogP contribution in [0.15, 0.2) is 0 Å². The third-order valence-corrected chi connectivity index (χ3v) is 2.44. The third-order valence-electron chi connectivity index (χ3n) is 2.44. The summed E-state index contributed by atoms with van der Waals surface area (Å²) >= 11 is 0. The largest absolute Gasteiger partial charge is 0.385 e. The molecule has 3 heteroatoms. The summed E-state index contributed by atoms with van der Waals surface area (Å²) in [5.74, 6) is 0.160. The highest BCUT2D eigenvalue weighted by molar-refractivity contribution is 5.56. The summed E-state index contributed by atoms with van der Waals surface area (Å²) in [7, 11) is 0. The summed E-state index contributed by atoms with van der Waals surface area (Å²) in [5.41, 5.74) is 5.67. The molecular weight excluding hydrogens is 142 g/mol. The van der Waals surface area contributed by atoms with Crippen molar-refractivity contribution in [3.05, 3.63) is 0 Å². The Balaban J connectivity index is 2.32. The number of rotatable bonds is 2. The van der Waals surface area contributed by atoms with E-state index in [-0.39, 0.29) is 12.0 Å². The Morgan fingerprint density at radius 2 is 1.91 bits per heavy atom. The lowest BCUT2D eigenvalue weighted by atomic mass is 9.83. The molecule has 0 spiro atoms. The van der Waals surface area contributed by atoms with Crippen LogP contribution in [0, 0.1) is 5.92 Å². The van der Waals surface area contributed by atoms with E-state index in [1.807, 2.05) is 0 Å². The lowest BCUT2D eigenvalue weighted by Crippen LogP contribution is -2.32. The molecule has 11 heavy (non-hydrogen) atoms. The molecule has 0 saturated heterocycles. The maximum atomic E-state index is 10.2. The predicted octanol–water partition coefficient (Wildman–Crippen LogP) is 0.0637. The number of aliphatic hydroxyl groups excluding tert-OH is 1. The van der Waals surface area contributed by atoms with Crippen molar-refractivity contribution in [3.63, 3.8) is 0 Å². The van der Waals surface area contributed by atoms with E-state index in [0.717, 1.165) is 25.7 Å². The summed E-state index contributed by atoms with van der Waals surface area (Å²) in [5, 5.41) is 9.16. The summed E-state index contributed by atoms with van der Waals surface area (Å²) in [4.78, 5) is 10.2. The van der Waals surface area contributed by atoms with E-state index in [4.69, 9.17) is 10.8 Å². The van der Waals surface area contributed by atoms with Crippen LogP contribution in [0.3, 0.4) is 0 Å². The molecule has 0 aromatic rings. The van der Waals surface area contributed by atoms with Crippen LogP contribution in [0.2, 0.25) is 0 Å². The van der Waals surface area contributed by atoms with Gasteiger partial charge in [0.1, 0.15) is 12.4 Å². The van der Waals surface area contributed by atoms with Crippen molar-refractivity contribution in [1.82, 2.24) is 0 Å². The van der Waals surface area contributed by atoms with Gasteiger partial charge in [-0.2, -0.15) is 0 Å². The number of hydrogen-bond donors (Lipinski definition) is 2. The van der Waals surface area contributed by atoms with Gasteiger partial charge in [-0.3, -0.25) is 0 Å². The van der Waals surface area contributed by atoms with Crippen LogP contribution >= 0.6 is 0 Å². The average Bonchev–Trinajstić information content (AvgIpc) is 2.05. The molecule has 0 heterocycles. The first-order chi connectivity index (χ1) is 5.24. The Morgan fingerprint density at radius 1 is 1.36 bits per heavy atom. The molecule has 1 fully saturated rings. The zero-order chi connectivity index (χ0) is 8.27. The normalized spacial score (nSPS) is 34.7. The lowest BCUT2D eigenvalue weighted by molar-refractivity contribution is -0.117. The maximum Gasteiger partial charge on any atom is 0.148 e. The van der Waals surface area contributed by atoms with Gasteiger partial charge < -0.3 is 15.6 Å². The number of carbonyl (C=O) groups excluding carboxylic acids is 1. The zero-order valence-electron chi connectivity index (χ0n) is 6.57. The first-order valence-corrected chi connectivity index (χ1v) is 4.13. The molecule has 0 bridgehead atoms. The van der Waals surface area contributed by atoms with Gasteiger partial charge in [-0.25, -0.2) is 0 Å². The average molecular weight is 157 g/mol. The number of carbonyl (C=O) groups is 1. The van der Waals surface area contributed by atoms with Gasteiger partial charge in [-0.1, -0.05) is 0 Å². The van der Waals surface area contributed by atoms with Crippen molar-refractivity contribution in [1.29, 1.82) is 0 Å². The molecule has 0 aromatic carbocycles. The Hall–Kier alpha value is -0.410. The van der Waals surface area contributed by atoms with E-state index in [9.17, 15) is 4.79 Å². The van der Waals surface area contributed by atoms with Crippen LogP contribution in [0.5, 0.6) is 0 Å². The van der Waals surface area contributed by atoms with Crippen LogP contribution in [0.1, 0.15) is 25.7 Å². The number of aldehydes is 1. The second kappa shape index (κ2) is 3.83. The van der Waals surface area contributed by atoms with E-state index in [0.29, 0.717) is 6.29 Å². The summed E-state index contributed by atoms with van der Waals surface area (Å²) < 4.78 is 0. The fraction of sp³-hybridized carbons (Fsp3) is 0.875. The van der Waals surface area contributed by atoms with Crippen molar-refractivity contribution in [2.24, 2.45) is 11.7 Å². The quantitative estimate of drug-likeness (QED) is 0.557. The molecule has 0 amide bonds. The maximum absolute atomic E-state index is 10.2. The van der Waals surface area contributed by atoms with Crippen molar-refractivity contribution in [3.8, 4) is 0 Å². The minimum absolute atomic E-state index is 0.160. The van der Waals surface area contributed by atoms with Crippen molar-refractivity contribution >= 4 is 6.29 Å². The Labute approximate surface area is 66.6 Å². The first-order valence-electron chi connectivity index (χ1n) is 4.13. The highest BCUT2D eigenvalue weighted by Crippen LogP contribution is 2.25. The molecule has 0 radical (unpaired) electrons. The van der Waals surface area contributed by atoms with E-state index >= 15 is 0 Å². The second-order valence-electron chi connectivity index (χ2n) is 3.30. The minimum Gasteiger partial charge on any atom is -0.385 e. The van der Waals surface area contributed by atoms with E-state index in [1.165, 1.54) is 0 Å². The molecule has 1 saturated carbocycles. The smallest absolute Gasteiger partial charge is 0.148 e. The number of aliphatic hydroxyl groups is 1. The number of nitrogens with two attached hydrogens (primary N) is 1. The van der Waals surface area contributed by atoms with Gasteiger partial charge in [-0.15, -0.1) is 0 Å². The molecule has 1 aliphatic rings. The summed E-state index contributed by atoms with van der Waals surface area (Å²) in [6.07, 6.45) is 3.52. The van der Waals surface area contributed by atoms with Gasteiger partial charge in [0, 0.05) is 6.04 Å². The van der Waals surface area contributed by atoms with Gasteiger partial charge in [0.25, 0.3) is 0 Å². The van der Waals surface area contributed by atoms with E-state index in [1.54, 1.807) is 0 Å². The van der Waals surface area contributed by atoms with E-state index in [2.05, 4.69) is 0 Å². The molecule has 1 aliphatic carbocycles. The van der Waals surface area contributed by atoms with Crippen LogP contribution in [-0.2, 0) is 4.79 Å². The van der Waals surface area contributed by atoms with Gasteiger partial charge in [-0.05, 0) is 31.6 Å². The molecule has 1 rings (SSSR count). The zero-order valence-corrected chi connectivity index (χ0v) is 6.57. The SMILES string of the molecule is NC1CCC([C@@H](O)C=O)CC1. The highest BCUT2D eigenvalue weighted by atomic mass is 16.3. The van der Waals surface area contributed by atoms with Crippen LogP contribution < -0.4 is 5.73 Å². The standard InChI is InChI=1S/C8H15NO2/c9-7-3-1-6(2-4-7)8(11)5-10/h5-8,11H,1-4,9H2/t6?,7?,8-/m0/s1. The Morgan fingerprint density at radius 3 is 2.36 bits per heavy atom. The van der Waals surface area contributed by atoms with Crippen LogP contribution in [0.4, 0.5) is 0 Å². The predicted molar refractivity (Wildman–Crippen MR) is 42.0 cm³/mol. The highest BCUT2D eigenvalue weighted by Gasteiger charge is 2.23. The lowest BCUT2D eigenvalue weighted by Gasteiger charge is -2.27. The van der Waals surface area contributed by atoms with Crippen molar-refractivity contribution in [2.75, 3.05) is 0 Å². The molecule has 3 nitrogen and oxygen atoms in total. The fourth-order valence-electron chi connectivity index (χ4n) is 1.60. The monoisotopic (exact) mass is 157 g/mol. The van der Waals surface area contributed by atoms with Crippen LogP contribution in [-0.4, -0.2) is 23.5 Å². The molecule has 0 unspecified atom stereocenters. The van der Waals surface area contributed by atoms with Crippen molar-refractivity contribution < 1.29 is 9.90 Å². The minimum atomic E-state index is -0.762. The Kier molecular flexibility index (Phi) is 3.02. The van der Waals surface area contributed by atoms with Crippen LogP contribution in [0.25, 0.3) is 0 Å². The van der Waals surface area contributed by atoms with Gasteiger partial charge in [0.2, 0.25) is 0 Å². The molecule has 0 aromatic heterocycles. The molecule has 0 aliphatic heterocycles. The van der Waals surface area contributed by atoms with E-state index < -0.39 is 6.10 Å². The summed E-state index contributed by atoms with van der Waals surface area (Å²) in [6.45, 7) is 0. The van der Waals surface area contributed by atoms with Gasteiger partial charge in [0.15, 0.2) is 0 Å².